The molecule has 0 bridgehead atoms. The summed E-state index contributed by atoms with van der Waals surface area (Å²) in [5.41, 5.74) is 0.186. The lowest BCUT2D eigenvalue weighted by molar-refractivity contribution is -0.112. The molecule has 0 spiro atoms. The highest BCUT2D eigenvalue weighted by atomic mass is 16.5. The molecule has 0 atom stereocenters. The molecule has 2 nitrogen and oxygen atoms in total. The van der Waals surface area contributed by atoms with Crippen molar-refractivity contribution in [2.24, 2.45) is 17.8 Å². The number of hydrogen-bond acceptors (Lipinski definition) is 2. The Morgan fingerprint density at radius 1 is 1.05 bits per heavy atom. The van der Waals surface area contributed by atoms with Gasteiger partial charge in [0, 0.05) is 13.0 Å². The predicted octanol–water partition coefficient (Wildman–Crippen LogP) is 4.37. The lowest BCUT2D eigenvalue weighted by Crippen LogP contribution is -2.38. The van der Waals surface area contributed by atoms with Gasteiger partial charge in [0.2, 0.25) is 0 Å². The molecule has 2 aliphatic carbocycles. The maximum Gasteiger partial charge on any atom is 0.123 e. The fraction of sp³-hybridized carbons (Fsp3) is 0.941. The van der Waals surface area contributed by atoms with Crippen LogP contribution in [0.1, 0.15) is 71.1 Å². The van der Waals surface area contributed by atoms with Crippen LogP contribution in [-0.2, 0) is 9.53 Å². The van der Waals surface area contributed by atoms with Crippen LogP contribution in [0.3, 0.4) is 0 Å². The fourth-order valence-electron chi connectivity index (χ4n) is 4.40. The molecule has 19 heavy (non-hydrogen) atoms. The molecule has 0 amide bonds. The summed E-state index contributed by atoms with van der Waals surface area (Å²) in [6, 6.07) is 0. The van der Waals surface area contributed by atoms with Crippen LogP contribution in [0.15, 0.2) is 0 Å². The molecule has 2 fully saturated rings. The van der Waals surface area contributed by atoms with E-state index in [0.29, 0.717) is 5.92 Å². The second-order valence-electron chi connectivity index (χ2n) is 6.79. The summed E-state index contributed by atoms with van der Waals surface area (Å²) in [5, 5.41) is 0. The Bertz CT molecular complexity index is 271. The highest BCUT2D eigenvalue weighted by Crippen LogP contribution is 2.44. The van der Waals surface area contributed by atoms with Gasteiger partial charge >= 0.3 is 0 Å². The minimum absolute atomic E-state index is 0.186. The first-order valence-corrected chi connectivity index (χ1v) is 8.23. The Kier molecular flexibility index (Phi) is 5.44. The Morgan fingerprint density at radius 3 is 2.11 bits per heavy atom. The molecule has 0 N–H and O–H groups in total. The third kappa shape index (κ3) is 3.59. The first kappa shape index (κ1) is 15.0. The minimum atomic E-state index is 0.186. The second-order valence-corrected chi connectivity index (χ2v) is 6.79. The van der Waals surface area contributed by atoms with E-state index in [9.17, 15) is 4.79 Å². The zero-order valence-corrected chi connectivity index (χ0v) is 12.7. The lowest BCUT2D eigenvalue weighted by Gasteiger charge is -2.42. The number of carbonyl (C=O) groups excluding carboxylic acids is 1. The van der Waals surface area contributed by atoms with Gasteiger partial charge in [-0.25, -0.2) is 0 Å². The molecule has 110 valence electrons. The zero-order chi connectivity index (χ0) is 13.7. The van der Waals surface area contributed by atoms with Gasteiger partial charge < -0.3 is 9.53 Å². The maximum atomic E-state index is 10.8. The van der Waals surface area contributed by atoms with E-state index in [-0.39, 0.29) is 5.60 Å². The molecule has 0 aromatic heterocycles. The smallest absolute Gasteiger partial charge is 0.123 e. The van der Waals surface area contributed by atoms with E-state index >= 15 is 0 Å². The molecular formula is C17H30O2. The van der Waals surface area contributed by atoms with E-state index in [0.717, 1.165) is 24.7 Å². The van der Waals surface area contributed by atoms with Gasteiger partial charge in [-0.1, -0.05) is 13.3 Å². The summed E-state index contributed by atoms with van der Waals surface area (Å²) in [6.45, 7) is 2.26. The summed E-state index contributed by atoms with van der Waals surface area (Å²) in [4.78, 5) is 10.8. The van der Waals surface area contributed by atoms with Gasteiger partial charge in [0.1, 0.15) is 6.29 Å². The Hall–Kier alpha value is -0.370. The van der Waals surface area contributed by atoms with Crippen molar-refractivity contribution in [3.05, 3.63) is 0 Å². The zero-order valence-electron chi connectivity index (χ0n) is 12.7. The molecule has 0 aromatic carbocycles. The Morgan fingerprint density at radius 2 is 1.63 bits per heavy atom. The van der Waals surface area contributed by atoms with E-state index < -0.39 is 0 Å². The van der Waals surface area contributed by atoms with Crippen molar-refractivity contribution < 1.29 is 9.53 Å². The fourth-order valence-corrected chi connectivity index (χ4v) is 4.40. The van der Waals surface area contributed by atoms with Crippen LogP contribution in [0, 0.1) is 17.8 Å². The van der Waals surface area contributed by atoms with Gasteiger partial charge in [-0.3, -0.25) is 0 Å². The van der Waals surface area contributed by atoms with Gasteiger partial charge in [-0.05, 0) is 69.6 Å². The average molecular weight is 266 g/mol. The molecule has 0 heterocycles. The molecular weight excluding hydrogens is 236 g/mol. The van der Waals surface area contributed by atoms with E-state index in [4.69, 9.17) is 4.74 Å². The Labute approximate surface area is 118 Å². The van der Waals surface area contributed by atoms with Crippen molar-refractivity contribution in [1.29, 1.82) is 0 Å². The predicted molar refractivity (Wildman–Crippen MR) is 78.1 cm³/mol. The highest BCUT2D eigenvalue weighted by Gasteiger charge is 2.37. The van der Waals surface area contributed by atoms with Crippen LogP contribution < -0.4 is 0 Å². The second kappa shape index (κ2) is 6.88. The molecule has 2 heteroatoms. The number of methoxy groups -OCH3 is 1. The van der Waals surface area contributed by atoms with Crippen LogP contribution in [0.4, 0.5) is 0 Å². The molecule has 0 aromatic rings. The molecule has 0 radical (unpaired) electrons. The quantitative estimate of drug-likeness (QED) is 0.691. The monoisotopic (exact) mass is 266 g/mol. The third-order valence-electron chi connectivity index (χ3n) is 5.76. The molecule has 0 unspecified atom stereocenters. The number of aldehydes is 1. The van der Waals surface area contributed by atoms with Crippen LogP contribution in [-0.4, -0.2) is 19.0 Å². The SMILES string of the molecule is CCCC1(OC)CCC(C2CCC(C=O)CC2)CC1. The van der Waals surface area contributed by atoms with Gasteiger partial charge in [-0.15, -0.1) is 0 Å². The molecule has 0 saturated heterocycles. The summed E-state index contributed by atoms with van der Waals surface area (Å²) in [7, 11) is 1.89. The molecule has 0 aliphatic heterocycles. The van der Waals surface area contributed by atoms with Crippen LogP contribution in [0.5, 0.6) is 0 Å². The first-order chi connectivity index (χ1) is 9.23. The Balaban J connectivity index is 1.81. The van der Waals surface area contributed by atoms with Crippen LogP contribution in [0.2, 0.25) is 0 Å². The van der Waals surface area contributed by atoms with E-state index in [1.54, 1.807) is 0 Å². The number of ether oxygens (including phenoxy) is 1. The van der Waals surface area contributed by atoms with Gasteiger partial charge in [0.25, 0.3) is 0 Å². The molecule has 2 aliphatic rings. The topological polar surface area (TPSA) is 26.3 Å². The van der Waals surface area contributed by atoms with Gasteiger partial charge in [0.05, 0.1) is 5.60 Å². The van der Waals surface area contributed by atoms with Crippen molar-refractivity contribution in [1.82, 2.24) is 0 Å². The average Bonchev–Trinajstić information content (AvgIpc) is 2.48. The highest BCUT2D eigenvalue weighted by molar-refractivity contribution is 5.53. The van der Waals surface area contributed by atoms with Crippen LogP contribution in [0.25, 0.3) is 0 Å². The summed E-state index contributed by atoms with van der Waals surface area (Å²) >= 11 is 0. The summed E-state index contributed by atoms with van der Waals surface area (Å²) in [5.74, 6) is 2.14. The molecule has 2 saturated carbocycles. The van der Waals surface area contributed by atoms with Crippen molar-refractivity contribution in [2.75, 3.05) is 7.11 Å². The number of carbonyl (C=O) groups is 1. The molecule has 2 rings (SSSR count). The lowest BCUT2D eigenvalue weighted by atomic mass is 9.67. The number of hydrogen-bond donors (Lipinski definition) is 0. The van der Waals surface area contributed by atoms with Crippen molar-refractivity contribution in [3.63, 3.8) is 0 Å². The van der Waals surface area contributed by atoms with Crippen molar-refractivity contribution >= 4 is 6.29 Å². The largest absolute Gasteiger partial charge is 0.378 e. The number of rotatable bonds is 5. The summed E-state index contributed by atoms with van der Waals surface area (Å²) < 4.78 is 5.84. The normalized spacial score (nSPS) is 40.0. The standard InChI is InChI=1S/C17H30O2/c1-3-10-17(19-2)11-8-16(9-12-17)15-6-4-14(13-18)5-7-15/h13-16H,3-12H2,1-2H3. The van der Waals surface area contributed by atoms with E-state index in [1.807, 2.05) is 7.11 Å². The minimum Gasteiger partial charge on any atom is -0.378 e. The van der Waals surface area contributed by atoms with E-state index in [1.165, 1.54) is 57.7 Å². The van der Waals surface area contributed by atoms with Gasteiger partial charge in [0.15, 0.2) is 0 Å². The van der Waals surface area contributed by atoms with Crippen LogP contribution >= 0.6 is 0 Å². The summed E-state index contributed by atoms with van der Waals surface area (Å²) in [6.07, 6.45) is 13.6. The third-order valence-corrected chi connectivity index (χ3v) is 5.76. The van der Waals surface area contributed by atoms with Gasteiger partial charge in [-0.2, -0.15) is 0 Å². The van der Waals surface area contributed by atoms with Crippen molar-refractivity contribution in [3.8, 4) is 0 Å². The van der Waals surface area contributed by atoms with E-state index in [2.05, 4.69) is 6.92 Å². The van der Waals surface area contributed by atoms with Crippen molar-refractivity contribution in [2.45, 2.75) is 76.7 Å². The first-order valence-electron chi connectivity index (χ1n) is 8.23. The maximum absolute atomic E-state index is 10.8.